The van der Waals surface area contributed by atoms with Crippen LogP contribution in [0.2, 0.25) is 0 Å². The van der Waals surface area contributed by atoms with Crippen molar-refractivity contribution >= 4 is 15.7 Å². The lowest BCUT2D eigenvalue weighted by molar-refractivity contribution is -0.137. The van der Waals surface area contributed by atoms with Crippen LogP contribution in [-0.2, 0) is 16.4 Å². The van der Waals surface area contributed by atoms with Crippen molar-refractivity contribution < 1.29 is 21.6 Å². The smallest absolute Gasteiger partial charge is 0.266 e. The van der Waals surface area contributed by atoms with Gasteiger partial charge in [-0.15, -0.1) is 0 Å². The molecule has 7 heteroatoms. The first-order valence-electron chi connectivity index (χ1n) is 7.67. The number of halogens is 3. The first-order chi connectivity index (χ1) is 11.1. The molecule has 1 aliphatic heterocycles. The summed E-state index contributed by atoms with van der Waals surface area (Å²) < 4.78 is 65.2. The van der Waals surface area contributed by atoms with Crippen molar-refractivity contribution in [2.75, 3.05) is 4.31 Å². The topological polar surface area (TPSA) is 37.4 Å². The number of sulfonamides is 1. The van der Waals surface area contributed by atoms with Gasteiger partial charge in [-0.25, -0.2) is 8.42 Å². The Morgan fingerprint density at radius 1 is 1.25 bits per heavy atom. The molecule has 1 heterocycles. The average molecular weight is 357 g/mol. The Hall–Kier alpha value is -1.76. The van der Waals surface area contributed by atoms with Gasteiger partial charge in [0.1, 0.15) is 4.75 Å². The molecule has 0 amide bonds. The number of para-hydroxylation sites is 1. The van der Waals surface area contributed by atoms with Crippen molar-refractivity contribution in [3.05, 3.63) is 54.1 Å². The van der Waals surface area contributed by atoms with Gasteiger partial charge < -0.3 is 0 Å². The maximum Gasteiger partial charge on any atom is 0.391 e. The number of nitrogens with zero attached hydrogens (tertiary/aromatic N) is 1. The number of fused-ring (bicyclic) bond motifs is 1. The Morgan fingerprint density at radius 3 is 2.58 bits per heavy atom. The lowest BCUT2D eigenvalue weighted by Gasteiger charge is -2.36. The summed E-state index contributed by atoms with van der Waals surface area (Å²) in [5.74, 6) is 0. The molecule has 0 saturated carbocycles. The number of anilines is 1. The van der Waals surface area contributed by atoms with Crippen molar-refractivity contribution in [3.63, 3.8) is 0 Å². The molecule has 0 aromatic heterocycles. The predicted molar refractivity (Wildman–Crippen MR) is 87.3 cm³/mol. The van der Waals surface area contributed by atoms with E-state index in [1.165, 1.54) is 0 Å². The van der Waals surface area contributed by atoms with Crippen LogP contribution in [-0.4, -0.2) is 25.4 Å². The SMILES string of the molecule is CC1(S(=O)(=O)N2c3ccccc3CC2CC(F)(F)F)C=CC=CC1. The second kappa shape index (κ2) is 5.65. The maximum absolute atomic E-state index is 13.2. The fraction of sp³-hybridized carbons (Fsp3) is 0.412. The Bertz CT molecular complexity index is 798. The van der Waals surface area contributed by atoms with Crippen molar-refractivity contribution in [3.8, 4) is 0 Å². The van der Waals surface area contributed by atoms with Crippen molar-refractivity contribution in [1.29, 1.82) is 0 Å². The molecule has 130 valence electrons. The van der Waals surface area contributed by atoms with Crippen molar-refractivity contribution in [2.45, 2.75) is 43.2 Å². The molecule has 1 aromatic carbocycles. The number of benzene rings is 1. The molecule has 0 saturated heterocycles. The van der Waals surface area contributed by atoms with Gasteiger partial charge in [0.05, 0.1) is 18.2 Å². The van der Waals surface area contributed by atoms with Crippen LogP contribution in [0.5, 0.6) is 0 Å². The van der Waals surface area contributed by atoms with Gasteiger partial charge in [0, 0.05) is 0 Å². The van der Waals surface area contributed by atoms with Crippen LogP contribution < -0.4 is 4.31 Å². The minimum Gasteiger partial charge on any atom is -0.266 e. The van der Waals surface area contributed by atoms with Crippen LogP contribution in [0.3, 0.4) is 0 Å². The van der Waals surface area contributed by atoms with Gasteiger partial charge in [-0.05, 0) is 31.4 Å². The van der Waals surface area contributed by atoms with Gasteiger partial charge in [-0.2, -0.15) is 13.2 Å². The Labute approximate surface area is 139 Å². The molecule has 0 bridgehead atoms. The molecule has 2 aliphatic rings. The lowest BCUT2D eigenvalue weighted by atomic mass is 10.0. The molecule has 0 radical (unpaired) electrons. The van der Waals surface area contributed by atoms with E-state index >= 15 is 0 Å². The third-order valence-corrected chi connectivity index (χ3v) is 7.04. The zero-order valence-electron chi connectivity index (χ0n) is 13.1. The standard InChI is InChI=1S/C17H18F3NO2S/c1-16(9-5-2-6-10-16)24(22,23)21-14(12-17(18,19)20)11-13-7-3-4-8-15(13)21/h2-9,14H,10-12H2,1H3. The number of hydrogen-bond acceptors (Lipinski definition) is 2. The molecule has 3 nitrogen and oxygen atoms in total. The molecule has 1 aliphatic carbocycles. The van der Waals surface area contributed by atoms with E-state index in [2.05, 4.69) is 0 Å². The van der Waals surface area contributed by atoms with Crippen LogP contribution in [0.4, 0.5) is 18.9 Å². The molecule has 2 unspecified atom stereocenters. The quantitative estimate of drug-likeness (QED) is 0.821. The first-order valence-corrected chi connectivity index (χ1v) is 9.11. The summed E-state index contributed by atoms with van der Waals surface area (Å²) in [4.78, 5) is 0. The minimum atomic E-state index is -4.43. The largest absolute Gasteiger partial charge is 0.391 e. The zero-order valence-corrected chi connectivity index (χ0v) is 13.9. The lowest BCUT2D eigenvalue weighted by Crippen LogP contribution is -2.50. The van der Waals surface area contributed by atoms with Crippen molar-refractivity contribution in [1.82, 2.24) is 0 Å². The molecule has 0 fully saturated rings. The van der Waals surface area contributed by atoms with E-state index in [0.717, 1.165) is 4.31 Å². The Morgan fingerprint density at radius 2 is 1.96 bits per heavy atom. The fourth-order valence-electron chi connectivity index (χ4n) is 3.30. The van der Waals surface area contributed by atoms with Gasteiger partial charge in [0.2, 0.25) is 10.0 Å². The molecule has 2 atom stereocenters. The van der Waals surface area contributed by atoms with E-state index in [0.29, 0.717) is 11.3 Å². The van der Waals surface area contributed by atoms with Crippen LogP contribution in [0.1, 0.15) is 25.3 Å². The first kappa shape index (κ1) is 17.1. The van der Waals surface area contributed by atoms with Crippen LogP contribution in [0, 0.1) is 0 Å². The monoisotopic (exact) mass is 357 g/mol. The third kappa shape index (κ3) is 2.85. The second-order valence-electron chi connectivity index (χ2n) is 6.41. The van der Waals surface area contributed by atoms with E-state index < -0.39 is 33.4 Å². The van der Waals surface area contributed by atoms with Gasteiger partial charge in [0.15, 0.2) is 0 Å². The highest BCUT2D eigenvalue weighted by molar-refractivity contribution is 7.94. The summed E-state index contributed by atoms with van der Waals surface area (Å²) >= 11 is 0. The Kier molecular flexibility index (Phi) is 4.02. The van der Waals surface area contributed by atoms with Crippen molar-refractivity contribution in [2.24, 2.45) is 0 Å². The minimum absolute atomic E-state index is 0.0740. The van der Waals surface area contributed by atoms with Gasteiger partial charge in [-0.1, -0.05) is 42.5 Å². The molecule has 24 heavy (non-hydrogen) atoms. The van der Waals surface area contributed by atoms with E-state index in [1.807, 2.05) is 0 Å². The molecular formula is C17H18F3NO2S. The summed E-state index contributed by atoms with van der Waals surface area (Å²) in [5.41, 5.74) is 0.991. The average Bonchev–Trinajstić information content (AvgIpc) is 2.83. The molecular weight excluding hydrogens is 339 g/mol. The zero-order chi connectivity index (χ0) is 17.6. The summed E-state index contributed by atoms with van der Waals surface area (Å²) in [6.45, 7) is 1.55. The summed E-state index contributed by atoms with van der Waals surface area (Å²) in [6.07, 6.45) is 1.37. The second-order valence-corrected chi connectivity index (χ2v) is 8.69. The summed E-state index contributed by atoms with van der Waals surface area (Å²) in [6, 6.07) is 5.49. The molecule has 0 N–H and O–H groups in total. The predicted octanol–water partition coefficient (Wildman–Crippen LogP) is 3.97. The normalized spacial score (nSPS) is 26.7. The Balaban J connectivity index is 2.07. The number of hydrogen-bond donors (Lipinski definition) is 0. The van der Waals surface area contributed by atoms with Crippen LogP contribution >= 0.6 is 0 Å². The van der Waals surface area contributed by atoms with Crippen LogP contribution in [0.15, 0.2) is 48.6 Å². The van der Waals surface area contributed by atoms with E-state index in [4.69, 9.17) is 0 Å². The highest BCUT2D eigenvalue weighted by atomic mass is 32.2. The van der Waals surface area contributed by atoms with Gasteiger partial charge in [0.25, 0.3) is 0 Å². The van der Waals surface area contributed by atoms with Gasteiger partial charge >= 0.3 is 6.18 Å². The van der Waals surface area contributed by atoms with Gasteiger partial charge in [-0.3, -0.25) is 4.31 Å². The van der Waals surface area contributed by atoms with Crippen LogP contribution in [0.25, 0.3) is 0 Å². The summed E-state index contributed by atoms with van der Waals surface area (Å²) in [7, 11) is -4.00. The van der Waals surface area contributed by atoms with E-state index in [9.17, 15) is 21.6 Å². The number of rotatable bonds is 3. The fourth-order valence-corrected chi connectivity index (χ4v) is 5.29. The maximum atomic E-state index is 13.2. The highest BCUT2D eigenvalue weighted by Gasteiger charge is 2.49. The van der Waals surface area contributed by atoms with E-state index in [1.54, 1.807) is 55.5 Å². The third-order valence-electron chi connectivity index (χ3n) is 4.55. The number of alkyl halides is 3. The number of allylic oxidation sites excluding steroid dienone is 3. The molecule has 3 rings (SSSR count). The molecule has 0 spiro atoms. The molecule has 1 aromatic rings. The summed E-state index contributed by atoms with van der Waals surface area (Å²) in [5, 5.41) is 0. The highest BCUT2D eigenvalue weighted by Crippen LogP contribution is 2.43. The van der Waals surface area contributed by atoms with E-state index in [-0.39, 0.29) is 12.8 Å².